The van der Waals surface area contributed by atoms with E-state index in [1.807, 2.05) is 0 Å². The molecule has 2 aromatic rings. The zero-order chi connectivity index (χ0) is 12.0. The Morgan fingerprint density at radius 3 is 2.65 bits per heavy atom. The van der Waals surface area contributed by atoms with Crippen LogP contribution in [0.4, 0.5) is 4.39 Å². The Kier molecular flexibility index (Phi) is 2.01. The van der Waals surface area contributed by atoms with E-state index in [0.717, 1.165) is 11.1 Å². The molecule has 1 aliphatic carbocycles. The Bertz CT molecular complexity index is 628. The monoisotopic (exact) mass is 228 g/mol. The molecule has 0 aromatic heterocycles. The van der Waals surface area contributed by atoms with Crippen LogP contribution >= 0.6 is 0 Å². The summed E-state index contributed by atoms with van der Waals surface area (Å²) in [6.07, 6.45) is 0. The molecule has 0 unspecified atom stereocenters. The SMILES string of the molecule is COc1cccc2c1-c1ccc(F)cc1C2=O. The fraction of sp³-hybridized carbons (Fsp3) is 0.0714. The van der Waals surface area contributed by atoms with Gasteiger partial charge in [0, 0.05) is 16.7 Å². The summed E-state index contributed by atoms with van der Waals surface area (Å²) in [5.41, 5.74) is 2.48. The highest BCUT2D eigenvalue weighted by molar-refractivity contribution is 6.22. The topological polar surface area (TPSA) is 26.3 Å². The zero-order valence-corrected chi connectivity index (χ0v) is 9.16. The Morgan fingerprint density at radius 1 is 1.06 bits per heavy atom. The quantitative estimate of drug-likeness (QED) is 0.639. The maximum absolute atomic E-state index is 13.2. The van der Waals surface area contributed by atoms with Crippen molar-refractivity contribution in [1.82, 2.24) is 0 Å². The number of ether oxygens (including phenoxy) is 1. The van der Waals surface area contributed by atoms with Crippen molar-refractivity contribution < 1.29 is 13.9 Å². The van der Waals surface area contributed by atoms with Crippen LogP contribution in [0.15, 0.2) is 36.4 Å². The summed E-state index contributed by atoms with van der Waals surface area (Å²) in [5, 5.41) is 0. The maximum atomic E-state index is 13.2. The molecule has 0 aliphatic heterocycles. The standard InChI is InChI=1S/C14H9FO2/c1-17-12-4-2-3-10-13(12)9-6-5-8(15)7-11(9)14(10)16/h2-7H,1H3. The number of benzene rings is 2. The lowest BCUT2D eigenvalue weighted by Crippen LogP contribution is -1.95. The number of fused-ring (bicyclic) bond motifs is 3. The zero-order valence-electron chi connectivity index (χ0n) is 9.16. The van der Waals surface area contributed by atoms with Gasteiger partial charge in [0.1, 0.15) is 11.6 Å². The van der Waals surface area contributed by atoms with Crippen molar-refractivity contribution in [3.8, 4) is 16.9 Å². The Labute approximate surface area is 97.7 Å². The Hall–Kier alpha value is -2.16. The molecule has 0 radical (unpaired) electrons. The van der Waals surface area contributed by atoms with Gasteiger partial charge in [-0.25, -0.2) is 4.39 Å². The van der Waals surface area contributed by atoms with E-state index in [-0.39, 0.29) is 5.78 Å². The van der Waals surface area contributed by atoms with Crippen LogP contribution in [-0.4, -0.2) is 12.9 Å². The van der Waals surface area contributed by atoms with E-state index in [1.54, 1.807) is 31.4 Å². The summed E-state index contributed by atoms with van der Waals surface area (Å²) in [4.78, 5) is 12.1. The number of halogens is 1. The van der Waals surface area contributed by atoms with Crippen molar-refractivity contribution in [3.63, 3.8) is 0 Å². The Morgan fingerprint density at radius 2 is 1.88 bits per heavy atom. The Balaban J connectivity index is 2.37. The highest BCUT2D eigenvalue weighted by Crippen LogP contribution is 2.42. The minimum absolute atomic E-state index is 0.145. The minimum Gasteiger partial charge on any atom is -0.496 e. The predicted octanol–water partition coefficient (Wildman–Crippen LogP) is 3.05. The van der Waals surface area contributed by atoms with E-state index in [9.17, 15) is 9.18 Å². The third-order valence-electron chi connectivity index (χ3n) is 2.99. The smallest absolute Gasteiger partial charge is 0.194 e. The molecule has 3 heteroatoms. The van der Waals surface area contributed by atoms with Gasteiger partial charge in [-0.1, -0.05) is 18.2 Å². The summed E-state index contributed by atoms with van der Waals surface area (Å²) in [6.45, 7) is 0. The molecule has 0 amide bonds. The third-order valence-corrected chi connectivity index (χ3v) is 2.99. The van der Waals surface area contributed by atoms with Crippen LogP contribution in [0.2, 0.25) is 0 Å². The summed E-state index contributed by atoms with van der Waals surface area (Å²) < 4.78 is 18.4. The van der Waals surface area contributed by atoms with Gasteiger partial charge in [-0.05, 0) is 23.8 Å². The van der Waals surface area contributed by atoms with Crippen molar-refractivity contribution in [3.05, 3.63) is 53.3 Å². The summed E-state index contributed by atoms with van der Waals surface area (Å²) in [7, 11) is 1.56. The molecule has 1 aliphatic rings. The summed E-state index contributed by atoms with van der Waals surface area (Å²) in [6, 6.07) is 9.54. The predicted molar refractivity (Wildman–Crippen MR) is 61.8 cm³/mol. The molecule has 84 valence electrons. The van der Waals surface area contributed by atoms with E-state index in [4.69, 9.17) is 4.74 Å². The maximum Gasteiger partial charge on any atom is 0.194 e. The second-order valence-corrected chi connectivity index (χ2v) is 3.90. The average Bonchev–Trinajstić information content (AvgIpc) is 2.63. The summed E-state index contributed by atoms with van der Waals surface area (Å²) >= 11 is 0. The van der Waals surface area contributed by atoms with E-state index in [0.29, 0.717) is 16.9 Å². The molecule has 2 nitrogen and oxygen atoms in total. The first-order valence-electron chi connectivity index (χ1n) is 5.24. The van der Waals surface area contributed by atoms with Gasteiger partial charge in [-0.15, -0.1) is 0 Å². The molecule has 0 fully saturated rings. The second kappa shape index (κ2) is 3.42. The van der Waals surface area contributed by atoms with Crippen LogP contribution in [0.25, 0.3) is 11.1 Å². The van der Waals surface area contributed by atoms with Crippen LogP contribution in [0.5, 0.6) is 5.75 Å². The molecule has 0 heterocycles. The van der Waals surface area contributed by atoms with E-state index in [1.165, 1.54) is 12.1 Å². The van der Waals surface area contributed by atoms with Crippen molar-refractivity contribution >= 4 is 5.78 Å². The van der Waals surface area contributed by atoms with Crippen molar-refractivity contribution in [2.45, 2.75) is 0 Å². The first-order chi connectivity index (χ1) is 8.22. The fourth-order valence-electron chi connectivity index (χ4n) is 2.24. The number of rotatable bonds is 1. The summed E-state index contributed by atoms with van der Waals surface area (Å²) in [5.74, 6) is 0.0958. The van der Waals surface area contributed by atoms with E-state index < -0.39 is 5.82 Å². The number of carbonyl (C=O) groups is 1. The fourth-order valence-corrected chi connectivity index (χ4v) is 2.24. The molecular weight excluding hydrogens is 219 g/mol. The van der Waals surface area contributed by atoms with Crippen molar-refractivity contribution in [1.29, 1.82) is 0 Å². The second-order valence-electron chi connectivity index (χ2n) is 3.90. The van der Waals surface area contributed by atoms with Gasteiger partial charge in [-0.3, -0.25) is 4.79 Å². The first kappa shape index (κ1) is 10.0. The molecule has 0 N–H and O–H groups in total. The molecule has 0 atom stereocenters. The van der Waals surface area contributed by atoms with E-state index in [2.05, 4.69) is 0 Å². The van der Waals surface area contributed by atoms with Gasteiger partial charge >= 0.3 is 0 Å². The van der Waals surface area contributed by atoms with Crippen LogP contribution in [0.3, 0.4) is 0 Å². The van der Waals surface area contributed by atoms with Crippen LogP contribution < -0.4 is 4.74 Å². The molecule has 2 aromatic carbocycles. The highest BCUT2D eigenvalue weighted by Gasteiger charge is 2.29. The lowest BCUT2D eigenvalue weighted by Gasteiger charge is -2.06. The minimum atomic E-state index is -0.399. The average molecular weight is 228 g/mol. The number of hydrogen-bond acceptors (Lipinski definition) is 2. The first-order valence-corrected chi connectivity index (χ1v) is 5.24. The molecule has 0 bridgehead atoms. The lowest BCUT2D eigenvalue weighted by atomic mass is 10.0. The highest BCUT2D eigenvalue weighted by atomic mass is 19.1. The molecule has 17 heavy (non-hydrogen) atoms. The van der Waals surface area contributed by atoms with Gasteiger partial charge < -0.3 is 4.74 Å². The largest absolute Gasteiger partial charge is 0.496 e. The van der Waals surface area contributed by atoms with Crippen LogP contribution in [0, 0.1) is 5.82 Å². The normalized spacial score (nSPS) is 12.2. The van der Waals surface area contributed by atoms with Crippen LogP contribution in [-0.2, 0) is 0 Å². The molecular formula is C14H9FO2. The van der Waals surface area contributed by atoms with Crippen molar-refractivity contribution in [2.24, 2.45) is 0 Å². The number of hydrogen-bond donors (Lipinski definition) is 0. The third kappa shape index (κ3) is 1.29. The van der Waals surface area contributed by atoms with Gasteiger partial charge in [0.05, 0.1) is 7.11 Å². The van der Waals surface area contributed by atoms with Gasteiger partial charge in [-0.2, -0.15) is 0 Å². The van der Waals surface area contributed by atoms with Crippen LogP contribution in [0.1, 0.15) is 15.9 Å². The van der Waals surface area contributed by atoms with E-state index >= 15 is 0 Å². The number of carbonyl (C=O) groups excluding carboxylic acids is 1. The van der Waals surface area contributed by atoms with Gasteiger partial charge in [0.15, 0.2) is 5.78 Å². The number of methoxy groups -OCH3 is 1. The molecule has 0 saturated carbocycles. The molecule has 3 rings (SSSR count). The van der Waals surface area contributed by atoms with Gasteiger partial charge in [0.2, 0.25) is 0 Å². The van der Waals surface area contributed by atoms with Crippen molar-refractivity contribution in [2.75, 3.05) is 7.11 Å². The number of ketones is 1. The van der Waals surface area contributed by atoms with Gasteiger partial charge in [0.25, 0.3) is 0 Å². The molecule has 0 spiro atoms. The molecule has 0 saturated heterocycles. The lowest BCUT2D eigenvalue weighted by molar-refractivity contribution is 0.104.